The van der Waals surface area contributed by atoms with Crippen LogP contribution in [0.5, 0.6) is 0 Å². The van der Waals surface area contributed by atoms with Gasteiger partial charge in [0.15, 0.2) is 0 Å². The molecule has 1 amide bonds. The van der Waals surface area contributed by atoms with Gasteiger partial charge in [-0.05, 0) is 20.3 Å². The maximum Gasteiger partial charge on any atom is 0.246 e. The van der Waals surface area contributed by atoms with Gasteiger partial charge in [0.1, 0.15) is 6.61 Å². The molecule has 0 radical (unpaired) electrons. The first-order chi connectivity index (χ1) is 8.09. The van der Waals surface area contributed by atoms with Crippen LogP contribution in [-0.4, -0.2) is 50.5 Å². The second-order valence-electron chi connectivity index (χ2n) is 5.27. The summed E-state index contributed by atoms with van der Waals surface area (Å²) >= 11 is 0. The van der Waals surface area contributed by atoms with E-state index in [0.717, 1.165) is 26.1 Å². The van der Waals surface area contributed by atoms with Gasteiger partial charge < -0.3 is 20.1 Å². The number of hydrogen-bond donors (Lipinski definition) is 2. The molecular weight excluding hydrogens is 220 g/mol. The average Bonchev–Trinajstić information content (AvgIpc) is 2.67. The summed E-state index contributed by atoms with van der Waals surface area (Å²) in [5.41, 5.74) is -0.152. The van der Waals surface area contributed by atoms with Crippen molar-refractivity contribution in [3.63, 3.8) is 0 Å². The number of ether oxygens (including phenoxy) is 2. The first kappa shape index (κ1) is 12.8. The van der Waals surface area contributed by atoms with Gasteiger partial charge >= 0.3 is 0 Å². The van der Waals surface area contributed by atoms with Crippen molar-refractivity contribution in [1.29, 1.82) is 0 Å². The van der Waals surface area contributed by atoms with E-state index in [1.54, 1.807) is 0 Å². The molecule has 5 nitrogen and oxygen atoms in total. The van der Waals surface area contributed by atoms with Crippen LogP contribution in [0.2, 0.25) is 0 Å². The van der Waals surface area contributed by atoms with Crippen LogP contribution in [0.15, 0.2) is 0 Å². The highest BCUT2D eigenvalue weighted by Gasteiger charge is 2.33. The molecule has 0 aromatic carbocycles. The van der Waals surface area contributed by atoms with Crippen molar-refractivity contribution < 1.29 is 14.3 Å². The maximum atomic E-state index is 11.6. The molecule has 2 aliphatic heterocycles. The standard InChI is InChI=1S/C12H22N2O3/c1-9-10(3-4-16-9)5-14-11(15)6-17-12(2)7-13-8-12/h9-10,13H,3-8H2,1-2H3,(H,14,15). The lowest BCUT2D eigenvalue weighted by atomic mass is 10.0. The van der Waals surface area contributed by atoms with Crippen molar-refractivity contribution in [2.75, 3.05) is 32.8 Å². The van der Waals surface area contributed by atoms with E-state index in [1.807, 2.05) is 6.92 Å². The van der Waals surface area contributed by atoms with Crippen LogP contribution in [0.25, 0.3) is 0 Å². The highest BCUT2D eigenvalue weighted by atomic mass is 16.5. The molecule has 2 heterocycles. The Bertz CT molecular complexity index is 279. The SMILES string of the molecule is CC1OCCC1CNC(=O)COC1(C)CNC1. The first-order valence-electron chi connectivity index (χ1n) is 6.32. The van der Waals surface area contributed by atoms with E-state index in [0.29, 0.717) is 12.5 Å². The van der Waals surface area contributed by atoms with Gasteiger partial charge in [-0.1, -0.05) is 0 Å². The second kappa shape index (κ2) is 5.33. The van der Waals surface area contributed by atoms with Crippen LogP contribution in [0.1, 0.15) is 20.3 Å². The Hall–Kier alpha value is -0.650. The molecule has 2 unspecified atom stereocenters. The summed E-state index contributed by atoms with van der Waals surface area (Å²) < 4.78 is 11.0. The molecule has 17 heavy (non-hydrogen) atoms. The summed E-state index contributed by atoms with van der Waals surface area (Å²) in [6.07, 6.45) is 1.29. The Morgan fingerprint density at radius 1 is 1.59 bits per heavy atom. The van der Waals surface area contributed by atoms with E-state index in [-0.39, 0.29) is 24.2 Å². The molecule has 0 bridgehead atoms. The van der Waals surface area contributed by atoms with E-state index >= 15 is 0 Å². The second-order valence-corrected chi connectivity index (χ2v) is 5.27. The molecule has 2 saturated heterocycles. The van der Waals surface area contributed by atoms with Gasteiger partial charge in [0.05, 0.1) is 11.7 Å². The third kappa shape index (κ3) is 3.40. The number of hydrogen-bond acceptors (Lipinski definition) is 4. The van der Waals surface area contributed by atoms with Gasteiger partial charge in [0.25, 0.3) is 0 Å². The van der Waals surface area contributed by atoms with Gasteiger partial charge in [-0.15, -0.1) is 0 Å². The molecule has 2 N–H and O–H groups in total. The lowest BCUT2D eigenvalue weighted by Gasteiger charge is -2.38. The summed E-state index contributed by atoms with van der Waals surface area (Å²) in [4.78, 5) is 11.6. The fourth-order valence-electron chi connectivity index (χ4n) is 2.16. The van der Waals surface area contributed by atoms with Crippen LogP contribution in [0.4, 0.5) is 0 Å². The van der Waals surface area contributed by atoms with Crippen molar-refractivity contribution in [1.82, 2.24) is 10.6 Å². The third-order valence-corrected chi connectivity index (χ3v) is 3.64. The lowest BCUT2D eigenvalue weighted by Crippen LogP contribution is -2.59. The maximum absolute atomic E-state index is 11.6. The number of carbonyl (C=O) groups is 1. The summed E-state index contributed by atoms with van der Waals surface area (Å²) in [6.45, 7) is 7.38. The molecule has 0 spiro atoms. The minimum atomic E-state index is -0.152. The minimum Gasteiger partial charge on any atom is -0.378 e. The van der Waals surface area contributed by atoms with Crippen molar-refractivity contribution in [3.8, 4) is 0 Å². The molecule has 0 aliphatic carbocycles. The van der Waals surface area contributed by atoms with E-state index < -0.39 is 0 Å². The Balaban J connectivity index is 1.60. The van der Waals surface area contributed by atoms with Gasteiger partial charge in [0, 0.05) is 32.2 Å². The zero-order chi connectivity index (χ0) is 12.3. The predicted octanol–water partition coefficient (Wildman–Crippen LogP) is -0.0939. The number of rotatable bonds is 5. The van der Waals surface area contributed by atoms with E-state index in [2.05, 4.69) is 17.6 Å². The summed E-state index contributed by atoms with van der Waals surface area (Å²) in [6, 6.07) is 0. The van der Waals surface area contributed by atoms with Crippen molar-refractivity contribution in [2.45, 2.75) is 32.0 Å². The van der Waals surface area contributed by atoms with Crippen molar-refractivity contribution in [2.24, 2.45) is 5.92 Å². The molecule has 0 aromatic heterocycles. The highest BCUT2D eigenvalue weighted by Crippen LogP contribution is 2.19. The van der Waals surface area contributed by atoms with Crippen LogP contribution in [-0.2, 0) is 14.3 Å². The monoisotopic (exact) mass is 242 g/mol. The molecule has 2 rings (SSSR count). The molecule has 2 aliphatic rings. The number of nitrogens with one attached hydrogen (secondary N) is 2. The number of amides is 1. The normalized spacial score (nSPS) is 30.9. The smallest absolute Gasteiger partial charge is 0.246 e. The van der Waals surface area contributed by atoms with E-state index in [1.165, 1.54) is 0 Å². The van der Waals surface area contributed by atoms with Crippen LogP contribution in [0, 0.1) is 5.92 Å². The van der Waals surface area contributed by atoms with Crippen LogP contribution >= 0.6 is 0 Å². The van der Waals surface area contributed by atoms with E-state index in [9.17, 15) is 4.79 Å². The molecule has 98 valence electrons. The fraction of sp³-hybridized carbons (Fsp3) is 0.917. The first-order valence-corrected chi connectivity index (χ1v) is 6.32. The third-order valence-electron chi connectivity index (χ3n) is 3.64. The zero-order valence-electron chi connectivity index (χ0n) is 10.6. The van der Waals surface area contributed by atoms with Crippen LogP contribution in [0.3, 0.4) is 0 Å². The predicted molar refractivity (Wildman–Crippen MR) is 63.8 cm³/mol. The van der Waals surface area contributed by atoms with Gasteiger partial charge in [-0.25, -0.2) is 0 Å². The molecule has 2 fully saturated rings. The fourth-order valence-corrected chi connectivity index (χ4v) is 2.16. The van der Waals surface area contributed by atoms with E-state index in [4.69, 9.17) is 9.47 Å². The summed E-state index contributed by atoms with van der Waals surface area (Å²) in [7, 11) is 0. The Morgan fingerprint density at radius 3 is 2.88 bits per heavy atom. The van der Waals surface area contributed by atoms with Gasteiger partial charge in [-0.2, -0.15) is 0 Å². The summed E-state index contributed by atoms with van der Waals surface area (Å²) in [5, 5.41) is 6.05. The molecule has 2 atom stereocenters. The Kier molecular flexibility index (Phi) is 4.01. The highest BCUT2D eigenvalue weighted by molar-refractivity contribution is 5.77. The Morgan fingerprint density at radius 2 is 2.35 bits per heavy atom. The summed E-state index contributed by atoms with van der Waals surface area (Å²) in [5.74, 6) is 0.414. The molecule has 0 saturated carbocycles. The molecule has 5 heteroatoms. The largest absolute Gasteiger partial charge is 0.378 e. The topological polar surface area (TPSA) is 59.6 Å². The average molecular weight is 242 g/mol. The van der Waals surface area contributed by atoms with Crippen molar-refractivity contribution >= 4 is 5.91 Å². The zero-order valence-corrected chi connectivity index (χ0v) is 10.6. The van der Waals surface area contributed by atoms with Gasteiger partial charge in [0.2, 0.25) is 5.91 Å². The number of carbonyl (C=O) groups excluding carboxylic acids is 1. The lowest BCUT2D eigenvalue weighted by molar-refractivity contribution is -0.136. The van der Waals surface area contributed by atoms with Gasteiger partial charge in [-0.3, -0.25) is 4.79 Å². The molecular formula is C12H22N2O3. The molecule has 0 aromatic rings. The van der Waals surface area contributed by atoms with Crippen molar-refractivity contribution in [3.05, 3.63) is 0 Å². The Labute approximate surface area is 102 Å². The minimum absolute atomic E-state index is 0.0303. The van der Waals surface area contributed by atoms with Crippen LogP contribution < -0.4 is 10.6 Å². The quantitative estimate of drug-likeness (QED) is 0.707.